The molecule has 0 aliphatic rings. The second-order valence-corrected chi connectivity index (χ2v) is 4.44. The van der Waals surface area contributed by atoms with Gasteiger partial charge in [-0.1, -0.05) is 6.08 Å². The Bertz CT molecular complexity index is 190. The Morgan fingerprint density at radius 3 is 2.50 bits per heavy atom. The van der Waals surface area contributed by atoms with Gasteiger partial charge in [-0.3, -0.25) is 4.57 Å². The first-order valence-corrected chi connectivity index (χ1v) is 4.90. The SMILES string of the molecule is CP(=O)(O)CC=CC(=O)O. The first-order chi connectivity index (χ1) is 4.42. The number of rotatable bonds is 3. The van der Waals surface area contributed by atoms with Crippen LogP contribution in [-0.4, -0.2) is 28.8 Å². The predicted octanol–water partition coefficient (Wildman–Crippen LogP) is 0.527. The fourth-order valence-corrected chi connectivity index (χ4v) is 0.846. The molecular weight excluding hydrogens is 155 g/mol. The monoisotopic (exact) mass is 164 g/mol. The van der Waals surface area contributed by atoms with E-state index < -0.39 is 13.3 Å². The molecule has 0 rings (SSSR count). The summed E-state index contributed by atoms with van der Waals surface area (Å²) in [7, 11) is -3.07. The lowest BCUT2D eigenvalue weighted by molar-refractivity contribution is -0.131. The fraction of sp³-hybridized carbons (Fsp3) is 0.400. The van der Waals surface area contributed by atoms with Gasteiger partial charge in [0.1, 0.15) is 0 Å². The zero-order valence-electron chi connectivity index (χ0n) is 5.52. The van der Waals surface area contributed by atoms with Gasteiger partial charge in [-0.05, 0) is 0 Å². The molecule has 0 heterocycles. The highest BCUT2D eigenvalue weighted by Gasteiger charge is 2.05. The van der Waals surface area contributed by atoms with Gasteiger partial charge in [-0.15, -0.1) is 0 Å². The fourth-order valence-electron chi connectivity index (χ4n) is 0.349. The van der Waals surface area contributed by atoms with Crippen LogP contribution in [0.25, 0.3) is 0 Å². The van der Waals surface area contributed by atoms with Crippen molar-refractivity contribution in [3.63, 3.8) is 0 Å². The van der Waals surface area contributed by atoms with E-state index in [9.17, 15) is 9.36 Å². The smallest absolute Gasteiger partial charge is 0.327 e. The van der Waals surface area contributed by atoms with Gasteiger partial charge in [-0.2, -0.15) is 0 Å². The van der Waals surface area contributed by atoms with Crippen molar-refractivity contribution in [1.29, 1.82) is 0 Å². The number of carboxylic acids is 1. The van der Waals surface area contributed by atoms with E-state index in [1.54, 1.807) is 0 Å². The molecule has 1 unspecified atom stereocenters. The number of allylic oxidation sites excluding steroid dienone is 1. The topological polar surface area (TPSA) is 74.6 Å². The molecule has 0 aromatic rings. The van der Waals surface area contributed by atoms with E-state index in [0.29, 0.717) is 0 Å². The Balaban J connectivity index is 3.76. The van der Waals surface area contributed by atoms with E-state index in [0.717, 1.165) is 6.08 Å². The van der Waals surface area contributed by atoms with Crippen LogP contribution in [0.2, 0.25) is 0 Å². The first-order valence-electron chi connectivity index (χ1n) is 2.60. The molecule has 0 aromatic heterocycles. The molecule has 0 bridgehead atoms. The Hall–Kier alpha value is -0.600. The quantitative estimate of drug-likeness (QED) is 0.471. The van der Waals surface area contributed by atoms with Crippen LogP contribution in [0.3, 0.4) is 0 Å². The zero-order valence-corrected chi connectivity index (χ0v) is 6.41. The molecule has 4 nitrogen and oxygen atoms in total. The maximum absolute atomic E-state index is 10.5. The van der Waals surface area contributed by atoms with E-state index in [2.05, 4.69) is 0 Å². The summed E-state index contributed by atoms with van der Waals surface area (Å²) in [5, 5.41) is 8.05. The molecule has 0 aliphatic carbocycles. The minimum Gasteiger partial charge on any atom is -0.478 e. The van der Waals surface area contributed by atoms with Gasteiger partial charge in [0.25, 0.3) is 0 Å². The van der Waals surface area contributed by atoms with Gasteiger partial charge in [0, 0.05) is 18.9 Å². The van der Waals surface area contributed by atoms with Gasteiger partial charge < -0.3 is 10.00 Å². The molecule has 0 saturated carbocycles. The Morgan fingerprint density at radius 1 is 1.70 bits per heavy atom. The molecule has 0 amide bonds. The van der Waals surface area contributed by atoms with Crippen LogP contribution in [0.1, 0.15) is 0 Å². The molecule has 10 heavy (non-hydrogen) atoms. The van der Waals surface area contributed by atoms with Gasteiger partial charge in [0.05, 0.1) is 0 Å². The van der Waals surface area contributed by atoms with Crippen LogP contribution in [-0.2, 0) is 9.36 Å². The van der Waals surface area contributed by atoms with Crippen molar-refractivity contribution in [1.82, 2.24) is 0 Å². The number of carboxylic acid groups (broad SMARTS) is 1. The highest BCUT2D eigenvalue weighted by atomic mass is 31.2. The summed E-state index contributed by atoms with van der Waals surface area (Å²) in [4.78, 5) is 18.5. The van der Waals surface area contributed by atoms with Crippen LogP contribution in [0.4, 0.5) is 0 Å². The summed E-state index contributed by atoms with van der Waals surface area (Å²) < 4.78 is 10.5. The van der Waals surface area contributed by atoms with E-state index in [4.69, 9.17) is 10.00 Å². The van der Waals surface area contributed by atoms with Crippen molar-refractivity contribution in [2.75, 3.05) is 12.8 Å². The summed E-state index contributed by atoms with van der Waals surface area (Å²) in [6.07, 6.45) is 1.94. The molecule has 0 saturated heterocycles. The van der Waals surface area contributed by atoms with Crippen molar-refractivity contribution in [3.05, 3.63) is 12.2 Å². The summed E-state index contributed by atoms with van der Waals surface area (Å²) in [6.45, 7) is 1.18. The van der Waals surface area contributed by atoms with Crippen molar-refractivity contribution < 1.29 is 19.4 Å². The zero-order chi connectivity index (χ0) is 8.20. The lowest BCUT2D eigenvalue weighted by Gasteiger charge is -1.96. The second kappa shape index (κ2) is 3.54. The second-order valence-electron chi connectivity index (χ2n) is 1.97. The molecule has 0 radical (unpaired) electrons. The molecule has 0 aromatic carbocycles. The standard InChI is InChI=1S/C5H9O4P/c1-10(8,9)4-2-3-5(6)7/h2-3H,4H2,1H3,(H,6,7)(H,8,9). The van der Waals surface area contributed by atoms with Crippen molar-refractivity contribution in [2.45, 2.75) is 0 Å². The maximum Gasteiger partial charge on any atom is 0.327 e. The van der Waals surface area contributed by atoms with E-state index >= 15 is 0 Å². The maximum atomic E-state index is 10.5. The lowest BCUT2D eigenvalue weighted by Crippen LogP contribution is -1.88. The minimum absolute atomic E-state index is 0.0840. The van der Waals surface area contributed by atoms with Crippen molar-refractivity contribution in [3.8, 4) is 0 Å². The average Bonchev–Trinajstić information content (AvgIpc) is 1.59. The van der Waals surface area contributed by atoms with Crippen molar-refractivity contribution in [2.24, 2.45) is 0 Å². The van der Waals surface area contributed by atoms with Crippen LogP contribution >= 0.6 is 7.37 Å². The third kappa shape index (κ3) is 7.40. The highest BCUT2D eigenvalue weighted by molar-refractivity contribution is 7.57. The third-order valence-corrected chi connectivity index (χ3v) is 1.59. The summed E-state index contributed by atoms with van der Waals surface area (Å²) in [6, 6.07) is 0. The number of carbonyl (C=O) groups is 1. The van der Waals surface area contributed by atoms with E-state index in [1.807, 2.05) is 0 Å². The van der Waals surface area contributed by atoms with Crippen LogP contribution in [0, 0.1) is 0 Å². The number of hydrogen-bond donors (Lipinski definition) is 2. The first kappa shape index (κ1) is 9.40. The molecule has 0 aliphatic heterocycles. The molecular formula is C5H9O4P. The predicted molar refractivity (Wildman–Crippen MR) is 37.4 cm³/mol. The van der Waals surface area contributed by atoms with Gasteiger partial charge in [0.15, 0.2) is 0 Å². The Kier molecular flexibility index (Phi) is 3.33. The van der Waals surface area contributed by atoms with Gasteiger partial charge >= 0.3 is 5.97 Å². The molecule has 58 valence electrons. The van der Waals surface area contributed by atoms with E-state index in [1.165, 1.54) is 12.7 Å². The average molecular weight is 164 g/mol. The Labute approximate surface area is 58.6 Å². The molecule has 0 spiro atoms. The molecule has 1 atom stereocenters. The summed E-state index contributed by atoms with van der Waals surface area (Å²) >= 11 is 0. The van der Waals surface area contributed by atoms with Gasteiger partial charge in [0.2, 0.25) is 7.37 Å². The summed E-state index contributed by atoms with van der Waals surface area (Å²) in [5.41, 5.74) is 0. The lowest BCUT2D eigenvalue weighted by atomic mass is 10.5. The third-order valence-electron chi connectivity index (χ3n) is 0.705. The molecule has 0 fully saturated rings. The van der Waals surface area contributed by atoms with Gasteiger partial charge in [-0.25, -0.2) is 4.79 Å². The Morgan fingerprint density at radius 2 is 2.20 bits per heavy atom. The largest absolute Gasteiger partial charge is 0.478 e. The number of aliphatic carboxylic acids is 1. The summed E-state index contributed by atoms with van der Waals surface area (Å²) in [5.74, 6) is -1.10. The van der Waals surface area contributed by atoms with Crippen molar-refractivity contribution >= 4 is 13.3 Å². The minimum atomic E-state index is -3.07. The number of hydrogen-bond acceptors (Lipinski definition) is 2. The molecule has 2 N–H and O–H groups in total. The highest BCUT2D eigenvalue weighted by Crippen LogP contribution is 2.34. The van der Waals surface area contributed by atoms with Crippen LogP contribution in [0.15, 0.2) is 12.2 Å². The van der Waals surface area contributed by atoms with Crippen LogP contribution in [0.5, 0.6) is 0 Å². The molecule has 5 heteroatoms. The van der Waals surface area contributed by atoms with Crippen LogP contribution < -0.4 is 0 Å². The normalized spacial score (nSPS) is 17.0. The van der Waals surface area contributed by atoms with E-state index in [-0.39, 0.29) is 6.16 Å².